The fraction of sp³-hybridized carbons (Fsp3) is 0.240. The summed E-state index contributed by atoms with van der Waals surface area (Å²) in [6.07, 6.45) is -5.07. The fourth-order valence-corrected chi connectivity index (χ4v) is 3.63. The van der Waals surface area contributed by atoms with Gasteiger partial charge in [0.1, 0.15) is 11.5 Å². The number of fused-ring (bicyclic) bond motifs is 1. The van der Waals surface area contributed by atoms with Gasteiger partial charge in [-0.2, -0.15) is 0 Å². The van der Waals surface area contributed by atoms with Gasteiger partial charge in [-0.3, -0.25) is 0 Å². The second-order valence-corrected chi connectivity index (χ2v) is 7.89. The fourth-order valence-electron chi connectivity index (χ4n) is 3.63. The van der Waals surface area contributed by atoms with Crippen molar-refractivity contribution < 1.29 is 22.6 Å². The predicted octanol–water partition coefficient (Wildman–Crippen LogP) is 6.19. The van der Waals surface area contributed by atoms with Gasteiger partial charge in [0.05, 0.1) is 11.0 Å². The summed E-state index contributed by atoms with van der Waals surface area (Å²) in [6, 6.07) is 21.4. The first kappa shape index (κ1) is 22.5. The van der Waals surface area contributed by atoms with Crippen LogP contribution in [0.1, 0.15) is 24.4 Å². The van der Waals surface area contributed by atoms with Crippen LogP contribution in [0.3, 0.4) is 0 Å². The van der Waals surface area contributed by atoms with E-state index in [-0.39, 0.29) is 11.9 Å². The van der Waals surface area contributed by atoms with Crippen LogP contribution in [0.15, 0.2) is 72.8 Å². The Hall–Kier alpha value is -3.68. The molecular weight excluding hydrogens is 431 g/mol. The number of hydrogen-bond acceptors (Lipinski definition) is 4. The minimum atomic E-state index is -4.72. The zero-order valence-electron chi connectivity index (χ0n) is 18.5. The molecular formula is C25H24F3N3O2. The molecule has 0 saturated carbocycles. The van der Waals surface area contributed by atoms with Gasteiger partial charge >= 0.3 is 6.36 Å². The SMILES string of the molecule is CC(Oc1ccccc1)c1nc2cc(N(C)C)ccc2n1Cc1ccc(OC(F)(F)F)cc1. The van der Waals surface area contributed by atoms with Gasteiger partial charge < -0.3 is 18.9 Å². The molecule has 5 nitrogen and oxygen atoms in total. The molecule has 1 unspecified atom stereocenters. The number of alkyl halides is 3. The molecule has 1 atom stereocenters. The lowest BCUT2D eigenvalue weighted by molar-refractivity contribution is -0.274. The maximum atomic E-state index is 12.5. The van der Waals surface area contributed by atoms with Crippen LogP contribution >= 0.6 is 0 Å². The molecule has 4 rings (SSSR count). The van der Waals surface area contributed by atoms with E-state index in [1.807, 2.05) is 79.0 Å². The van der Waals surface area contributed by atoms with Crippen molar-refractivity contribution in [2.24, 2.45) is 0 Å². The summed E-state index contributed by atoms with van der Waals surface area (Å²) in [7, 11) is 3.93. The minimum absolute atomic E-state index is 0.252. The van der Waals surface area contributed by atoms with Crippen LogP contribution in [0.2, 0.25) is 0 Å². The number of aromatic nitrogens is 2. The molecule has 0 N–H and O–H groups in total. The van der Waals surface area contributed by atoms with E-state index < -0.39 is 6.36 Å². The van der Waals surface area contributed by atoms with Crippen molar-refractivity contribution in [3.63, 3.8) is 0 Å². The highest BCUT2D eigenvalue weighted by molar-refractivity contribution is 5.80. The van der Waals surface area contributed by atoms with Crippen LogP contribution in [0.5, 0.6) is 11.5 Å². The molecule has 172 valence electrons. The predicted molar refractivity (Wildman–Crippen MR) is 122 cm³/mol. The molecule has 0 aliphatic carbocycles. The molecule has 0 bridgehead atoms. The third-order valence-corrected chi connectivity index (χ3v) is 5.20. The number of nitrogens with zero attached hydrogens (tertiary/aromatic N) is 3. The Balaban J connectivity index is 1.69. The van der Waals surface area contributed by atoms with E-state index in [2.05, 4.69) is 4.74 Å². The van der Waals surface area contributed by atoms with E-state index in [0.29, 0.717) is 6.54 Å². The Kier molecular flexibility index (Phi) is 6.18. The van der Waals surface area contributed by atoms with Gasteiger partial charge in [0.25, 0.3) is 0 Å². The number of imidazole rings is 1. The molecule has 0 amide bonds. The Morgan fingerprint density at radius 3 is 2.27 bits per heavy atom. The van der Waals surface area contributed by atoms with Crippen molar-refractivity contribution in [1.82, 2.24) is 9.55 Å². The summed E-state index contributed by atoms with van der Waals surface area (Å²) >= 11 is 0. The highest BCUT2D eigenvalue weighted by atomic mass is 19.4. The van der Waals surface area contributed by atoms with Crippen molar-refractivity contribution in [2.75, 3.05) is 19.0 Å². The van der Waals surface area contributed by atoms with E-state index in [1.165, 1.54) is 12.1 Å². The van der Waals surface area contributed by atoms with Gasteiger partial charge in [-0.15, -0.1) is 13.2 Å². The molecule has 0 aliphatic heterocycles. The normalized spacial score (nSPS) is 12.5. The van der Waals surface area contributed by atoms with Gasteiger partial charge in [-0.1, -0.05) is 30.3 Å². The highest BCUT2D eigenvalue weighted by Gasteiger charge is 2.31. The highest BCUT2D eigenvalue weighted by Crippen LogP contribution is 2.29. The number of anilines is 1. The Morgan fingerprint density at radius 2 is 1.64 bits per heavy atom. The van der Waals surface area contributed by atoms with Crippen molar-refractivity contribution in [3.05, 3.63) is 84.2 Å². The molecule has 33 heavy (non-hydrogen) atoms. The third kappa shape index (κ3) is 5.39. The molecule has 0 radical (unpaired) electrons. The van der Waals surface area contributed by atoms with Crippen LogP contribution < -0.4 is 14.4 Å². The zero-order chi connectivity index (χ0) is 23.6. The van der Waals surface area contributed by atoms with Crippen molar-refractivity contribution >= 4 is 16.7 Å². The number of ether oxygens (including phenoxy) is 2. The molecule has 0 spiro atoms. The Labute approximate surface area is 190 Å². The average Bonchev–Trinajstić information content (AvgIpc) is 3.12. The first-order valence-electron chi connectivity index (χ1n) is 10.4. The second kappa shape index (κ2) is 9.05. The number of hydrogen-bond donors (Lipinski definition) is 0. The number of rotatable bonds is 7. The van der Waals surface area contributed by atoms with Crippen LogP contribution in [-0.2, 0) is 6.54 Å². The maximum absolute atomic E-state index is 12.5. The Morgan fingerprint density at radius 1 is 0.939 bits per heavy atom. The van der Waals surface area contributed by atoms with Crippen LogP contribution in [0.25, 0.3) is 11.0 Å². The molecule has 0 aliphatic rings. The van der Waals surface area contributed by atoms with E-state index in [9.17, 15) is 13.2 Å². The van der Waals surface area contributed by atoms with E-state index in [4.69, 9.17) is 9.72 Å². The smallest absolute Gasteiger partial charge is 0.483 e. The molecule has 4 aromatic rings. The van der Waals surface area contributed by atoms with Gasteiger partial charge in [0.15, 0.2) is 11.9 Å². The Bertz CT molecular complexity index is 1220. The summed E-state index contributed by atoms with van der Waals surface area (Å²) in [5, 5.41) is 0. The number of para-hydroxylation sites is 1. The standard InChI is InChI=1S/C25H24F3N3O2/c1-17(32-20-7-5-4-6-8-20)24-29-22-15-19(30(2)3)11-14-23(22)31(24)16-18-9-12-21(13-10-18)33-25(26,27)28/h4-15,17H,16H2,1-3H3. The summed E-state index contributed by atoms with van der Waals surface area (Å²) < 4.78 is 49.6. The van der Waals surface area contributed by atoms with Crippen molar-refractivity contribution in [1.29, 1.82) is 0 Å². The second-order valence-electron chi connectivity index (χ2n) is 7.89. The van der Waals surface area contributed by atoms with Crippen LogP contribution in [0.4, 0.5) is 18.9 Å². The van der Waals surface area contributed by atoms with Crippen molar-refractivity contribution in [2.45, 2.75) is 25.9 Å². The minimum Gasteiger partial charge on any atom is -0.483 e. The van der Waals surface area contributed by atoms with E-state index in [1.54, 1.807) is 12.1 Å². The largest absolute Gasteiger partial charge is 0.573 e. The quantitative estimate of drug-likeness (QED) is 0.333. The third-order valence-electron chi connectivity index (χ3n) is 5.20. The molecule has 8 heteroatoms. The summed E-state index contributed by atoms with van der Waals surface area (Å²) in [5.41, 5.74) is 3.56. The first-order valence-corrected chi connectivity index (χ1v) is 10.4. The summed E-state index contributed by atoms with van der Waals surface area (Å²) in [5.74, 6) is 1.20. The summed E-state index contributed by atoms with van der Waals surface area (Å²) in [6.45, 7) is 2.35. The van der Waals surface area contributed by atoms with Crippen molar-refractivity contribution in [3.8, 4) is 11.5 Å². The van der Waals surface area contributed by atoms with E-state index in [0.717, 1.165) is 33.9 Å². The molecule has 0 saturated heterocycles. The van der Waals surface area contributed by atoms with Gasteiger partial charge in [-0.05, 0) is 55.0 Å². The molecule has 1 heterocycles. The number of halogens is 3. The molecule has 0 fully saturated rings. The van der Waals surface area contributed by atoms with Gasteiger partial charge in [0.2, 0.25) is 0 Å². The summed E-state index contributed by atoms with van der Waals surface area (Å²) in [4.78, 5) is 6.85. The lowest BCUT2D eigenvalue weighted by atomic mass is 10.2. The monoisotopic (exact) mass is 455 g/mol. The zero-order valence-corrected chi connectivity index (χ0v) is 18.5. The maximum Gasteiger partial charge on any atom is 0.573 e. The topological polar surface area (TPSA) is 39.5 Å². The lowest BCUT2D eigenvalue weighted by Gasteiger charge is -2.17. The van der Waals surface area contributed by atoms with Gasteiger partial charge in [-0.25, -0.2) is 4.98 Å². The van der Waals surface area contributed by atoms with E-state index >= 15 is 0 Å². The van der Waals surface area contributed by atoms with Crippen LogP contribution in [0, 0.1) is 0 Å². The number of benzene rings is 3. The molecule has 1 aromatic heterocycles. The first-order chi connectivity index (χ1) is 15.7. The average molecular weight is 455 g/mol. The van der Waals surface area contributed by atoms with Crippen LogP contribution in [-0.4, -0.2) is 30.0 Å². The lowest BCUT2D eigenvalue weighted by Crippen LogP contribution is -2.17. The van der Waals surface area contributed by atoms with Gasteiger partial charge in [0, 0.05) is 26.3 Å². The molecule has 3 aromatic carbocycles.